The highest BCUT2D eigenvalue weighted by Gasteiger charge is 1.95. The molecule has 0 atom stereocenters. The van der Waals surface area contributed by atoms with Gasteiger partial charge in [-0.3, -0.25) is 0 Å². The molecule has 17 heavy (non-hydrogen) atoms. The van der Waals surface area contributed by atoms with E-state index < -0.39 is 0 Å². The molecule has 102 valence electrons. The second-order valence-electron chi connectivity index (χ2n) is 3.14. The maximum Gasteiger partial charge on any atom is 0.314 e. The summed E-state index contributed by atoms with van der Waals surface area (Å²) in [5.41, 5.74) is 0. The van der Waals surface area contributed by atoms with E-state index in [2.05, 4.69) is 38.5 Å². The monoisotopic (exact) mass is 359 g/mol. The fourth-order valence-corrected chi connectivity index (χ4v) is 1.37. The predicted octanol–water partition coefficient (Wildman–Crippen LogP) is 0.321. The second-order valence-corrected chi connectivity index (χ2v) is 3.91. The van der Waals surface area contributed by atoms with Crippen LogP contribution in [0.2, 0.25) is 0 Å². The predicted molar refractivity (Wildman–Crippen MR) is 75.6 cm³/mol. The summed E-state index contributed by atoms with van der Waals surface area (Å²) in [7, 11) is 0. The van der Waals surface area contributed by atoms with E-state index in [0.717, 1.165) is 11.1 Å². The van der Waals surface area contributed by atoms with Crippen LogP contribution in [-0.2, 0) is 9.47 Å². The van der Waals surface area contributed by atoms with Crippen LogP contribution in [0, 0.1) is 0 Å². The Morgan fingerprint density at radius 1 is 1.06 bits per heavy atom. The van der Waals surface area contributed by atoms with Crippen LogP contribution in [0.15, 0.2) is 0 Å². The molecule has 0 radical (unpaired) electrons. The molecular weight excluding hydrogens is 337 g/mol. The molecule has 0 bridgehead atoms. The first-order valence-electron chi connectivity index (χ1n) is 5.75. The number of carbonyl (C=O) groups is 1. The molecule has 0 aromatic rings. The van der Waals surface area contributed by atoms with Gasteiger partial charge in [-0.1, -0.05) is 22.6 Å². The number of halogens is 1. The summed E-state index contributed by atoms with van der Waals surface area (Å²) < 4.78 is 11.5. The Labute approximate surface area is 116 Å². The molecule has 0 spiro atoms. The van der Waals surface area contributed by atoms with Gasteiger partial charge in [0.1, 0.15) is 0 Å². The van der Waals surface area contributed by atoms with E-state index in [1.807, 2.05) is 6.92 Å². The number of ether oxygens (including phenoxy) is 2. The van der Waals surface area contributed by atoms with Gasteiger partial charge in [-0.05, 0) is 6.92 Å². The van der Waals surface area contributed by atoms with Crippen LogP contribution >= 0.6 is 22.6 Å². The fourth-order valence-electron chi connectivity index (χ4n) is 0.993. The van der Waals surface area contributed by atoms with Gasteiger partial charge in [0.25, 0.3) is 0 Å². The lowest BCUT2D eigenvalue weighted by atomic mass is 10.6. The summed E-state index contributed by atoms with van der Waals surface area (Å²) in [6.07, 6.45) is 0. The molecule has 0 saturated carbocycles. The number of hydrogen-bond acceptors (Lipinski definition) is 4. The summed E-state index contributed by atoms with van der Waals surface area (Å²) in [5.74, 6) is 0. The molecule has 2 amide bonds. The highest BCUT2D eigenvalue weighted by molar-refractivity contribution is 14.1. The lowest BCUT2D eigenvalue weighted by Crippen LogP contribution is -2.37. The van der Waals surface area contributed by atoms with Crippen molar-refractivity contribution in [2.75, 3.05) is 50.6 Å². The van der Waals surface area contributed by atoms with Gasteiger partial charge in [0, 0.05) is 24.2 Å². The smallest absolute Gasteiger partial charge is 0.314 e. The third-order valence-corrected chi connectivity index (χ3v) is 2.30. The normalized spacial score (nSPS) is 10.2. The summed E-state index contributed by atoms with van der Waals surface area (Å²) in [6, 6.07) is -0.155. The third kappa shape index (κ3) is 13.8. The van der Waals surface area contributed by atoms with Crippen LogP contribution in [-0.4, -0.2) is 56.6 Å². The van der Waals surface area contributed by atoms with Gasteiger partial charge >= 0.3 is 6.03 Å². The van der Waals surface area contributed by atoms with Crippen molar-refractivity contribution in [2.24, 2.45) is 0 Å². The minimum Gasteiger partial charge on any atom is -0.378 e. The molecule has 0 unspecified atom stereocenters. The molecule has 6 nitrogen and oxygen atoms in total. The number of rotatable bonds is 11. The quantitative estimate of drug-likeness (QED) is 0.215. The zero-order valence-corrected chi connectivity index (χ0v) is 12.4. The minimum atomic E-state index is -0.155. The van der Waals surface area contributed by atoms with Gasteiger partial charge in [0.2, 0.25) is 0 Å². The molecule has 7 heteroatoms. The first kappa shape index (κ1) is 16.9. The molecule has 0 aliphatic heterocycles. The first-order chi connectivity index (χ1) is 8.31. The highest BCUT2D eigenvalue weighted by atomic mass is 127. The number of urea groups is 1. The molecule has 0 heterocycles. The zero-order chi connectivity index (χ0) is 12.8. The Bertz CT molecular complexity index is 184. The van der Waals surface area contributed by atoms with E-state index in [-0.39, 0.29) is 6.03 Å². The number of nitrogens with one attached hydrogen (secondary N) is 3. The molecule has 0 aromatic carbocycles. The lowest BCUT2D eigenvalue weighted by Gasteiger charge is -2.07. The van der Waals surface area contributed by atoms with Gasteiger partial charge in [-0.15, -0.1) is 0 Å². The van der Waals surface area contributed by atoms with E-state index in [9.17, 15) is 4.79 Å². The van der Waals surface area contributed by atoms with Crippen LogP contribution in [0.4, 0.5) is 4.79 Å². The summed E-state index contributed by atoms with van der Waals surface area (Å²) in [5, 5.41) is 8.46. The summed E-state index contributed by atoms with van der Waals surface area (Å²) in [6.45, 7) is 6.23. The van der Waals surface area contributed by atoms with Crippen molar-refractivity contribution in [2.45, 2.75) is 6.92 Å². The van der Waals surface area contributed by atoms with Crippen molar-refractivity contribution in [3.63, 3.8) is 0 Å². The molecule has 0 saturated heterocycles. The molecular formula is C10H22IN3O3. The van der Waals surface area contributed by atoms with Gasteiger partial charge in [-0.2, -0.15) is 0 Å². The molecule has 0 aliphatic carbocycles. The Kier molecular flexibility index (Phi) is 13.8. The molecule has 3 N–H and O–H groups in total. The fraction of sp³-hybridized carbons (Fsp3) is 0.900. The molecule has 0 fully saturated rings. The van der Waals surface area contributed by atoms with E-state index in [1.165, 1.54) is 0 Å². The molecule has 0 rings (SSSR count). The van der Waals surface area contributed by atoms with Gasteiger partial charge in [0.15, 0.2) is 0 Å². The van der Waals surface area contributed by atoms with Crippen LogP contribution in [0.1, 0.15) is 6.92 Å². The Morgan fingerprint density at radius 2 is 1.71 bits per heavy atom. The van der Waals surface area contributed by atoms with E-state index in [4.69, 9.17) is 9.47 Å². The molecule has 0 aliphatic rings. The Hall–Kier alpha value is -0.120. The van der Waals surface area contributed by atoms with Crippen molar-refractivity contribution < 1.29 is 14.3 Å². The van der Waals surface area contributed by atoms with Crippen LogP contribution in [0.3, 0.4) is 0 Å². The summed E-state index contributed by atoms with van der Waals surface area (Å²) >= 11 is 2.25. The van der Waals surface area contributed by atoms with Crippen molar-refractivity contribution in [1.82, 2.24) is 16.0 Å². The van der Waals surface area contributed by atoms with Crippen molar-refractivity contribution in [1.29, 1.82) is 0 Å². The van der Waals surface area contributed by atoms with Crippen LogP contribution in [0.25, 0.3) is 0 Å². The van der Waals surface area contributed by atoms with Gasteiger partial charge in [0.05, 0.1) is 26.4 Å². The number of hydrogen-bond donors (Lipinski definition) is 3. The summed E-state index contributed by atoms with van der Waals surface area (Å²) in [4.78, 5) is 11.0. The number of alkyl halides is 1. The standard InChI is InChI=1S/C10H22IN3O3/c1-2-13-10(15)14-4-6-17-8-7-16-5-3-12-9-11/h12H,2-9H2,1H3,(H2,13,14,15). The largest absolute Gasteiger partial charge is 0.378 e. The average molecular weight is 359 g/mol. The topological polar surface area (TPSA) is 71.6 Å². The third-order valence-electron chi connectivity index (χ3n) is 1.76. The van der Waals surface area contributed by atoms with Crippen molar-refractivity contribution in [3.05, 3.63) is 0 Å². The average Bonchev–Trinajstić information content (AvgIpc) is 2.32. The maximum atomic E-state index is 11.0. The SMILES string of the molecule is CCNC(=O)NCCOCCOCCNCI. The number of carbonyl (C=O) groups excluding carboxylic acids is 1. The van der Waals surface area contributed by atoms with Gasteiger partial charge in [-0.25, -0.2) is 4.79 Å². The lowest BCUT2D eigenvalue weighted by molar-refractivity contribution is 0.0508. The number of amides is 2. The van der Waals surface area contributed by atoms with Crippen molar-refractivity contribution >= 4 is 28.6 Å². The van der Waals surface area contributed by atoms with E-state index in [0.29, 0.717) is 39.5 Å². The zero-order valence-electron chi connectivity index (χ0n) is 10.3. The Balaban J connectivity index is 3.01. The van der Waals surface area contributed by atoms with Gasteiger partial charge < -0.3 is 25.4 Å². The highest BCUT2D eigenvalue weighted by Crippen LogP contribution is 1.79. The van der Waals surface area contributed by atoms with E-state index in [1.54, 1.807) is 0 Å². The maximum absolute atomic E-state index is 11.0. The Morgan fingerprint density at radius 3 is 2.29 bits per heavy atom. The van der Waals surface area contributed by atoms with Crippen LogP contribution < -0.4 is 16.0 Å². The minimum absolute atomic E-state index is 0.155. The van der Waals surface area contributed by atoms with Crippen molar-refractivity contribution in [3.8, 4) is 0 Å². The van der Waals surface area contributed by atoms with Crippen LogP contribution in [0.5, 0.6) is 0 Å². The van der Waals surface area contributed by atoms with E-state index >= 15 is 0 Å². The second kappa shape index (κ2) is 13.9. The first-order valence-corrected chi connectivity index (χ1v) is 7.27. The molecule has 0 aromatic heterocycles.